The fourth-order valence-electron chi connectivity index (χ4n) is 3.00. The number of ether oxygens (including phenoxy) is 4. The van der Waals surface area contributed by atoms with Crippen molar-refractivity contribution in [2.24, 2.45) is 5.73 Å². The van der Waals surface area contributed by atoms with E-state index in [9.17, 15) is 15.0 Å². The van der Waals surface area contributed by atoms with Crippen molar-refractivity contribution < 1.29 is 34.0 Å². The summed E-state index contributed by atoms with van der Waals surface area (Å²) in [5.74, 6) is 1.36. The molecule has 0 saturated heterocycles. The zero-order valence-corrected chi connectivity index (χ0v) is 19.1. The van der Waals surface area contributed by atoms with Crippen LogP contribution in [0.3, 0.4) is 0 Å². The zero-order valence-electron chi connectivity index (χ0n) is 19.1. The number of ketones is 1. The van der Waals surface area contributed by atoms with E-state index in [0.29, 0.717) is 34.1 Å². The Hall–Kier alpha value is -3.75. The molecular formula is C25H29NO7. The van der Waals surface area contributed by atoms with E-state index in [4.69, 9.17) is 24.7 Å². The molecule has 2 aromatic rings. The molecule has 0 radical (unpaired) electrons. The van der Waals surface area contributed by atoms with Crippen LogP contribution in [0.2, 0.25) is 0 Å². The Morgan fingerprint density at radius 3 is 1.73 bits per heavy atom. The highest BCUT2D eigenvalue weighted by molar-refractivity contribution is 6.07. The minimum Gasteiger partial charge on any atom is -0.508 e. The third-order valence-electron chi connectivity index (χ3n) is 4.70. The van der Waals surface area contributed by atoms with Crippen LogP contribution in [0.25, 0.3) is 12.2 Å². The van der Waals surface area contributed by atoms with Crippen molar-refractivity contribution in [3.63, 3.8) is 0 Å². The van der Waals surface area contributed by atoms with Gasteiger partial charge in [-0.15, -0.1) is 0 Å². The van der Waals surface area contributed by atoms with Crippen LogP contribution in [-0.4, -0.2) is 50.7 Å². The van der Waals surface area contributed by atoms with Gasteiger partial charge in [0, 0.05) is 12.0 Å². The van der Waals surface area contributed by atoms with Gasteiger partial charge in [0.05, 0.1) is 28.4 Å². The van der Waals surface area contributed by atoms with E-state index in [1.54, 1.807) is 48.6 Å². The van der Waals surface area contributed by atoms with Gasteiger partial charge in [0.1, 0.15) is 12.0 Å². The normalized spacial score (nSPS) is 13.0. The molecule has 1 unspecified atom stereocenters. The first-order valence-electron chi connectivity index (χ1n) is 10.0. The summed E-state index contributed by atoms with van der Waals surface area (Å²) in [7, 11) is 6.10. The van der Waals surface area contributed by atoms with Gasteiger partial charge in [0.25, 0.3) is 0 Å². The SMILES string of the molecule is COc1ccc(/C=C/C(=O)/C(CC(N)O)=C(O)/C=C/c2ccc(OC)c(OC)c2)cc1OC. The van der Waals surface area contributed by atoms with Crippen LogP contribution in [0.4, 0.5) is 0 Å². The molecule has 0 fully saturated rings. The van der Waals surface area contributed by atoms with Crippen molar-refractivity contribution in [2.75, 3.05) is 28.4 Å². The Kier molecular flexibility index (Phi) is 9.53. The van der Waals surface area contributed by atoms with Gasteiger partial charge < -0.3 is 34.9 Å². The van der Waals surface area contributed by atoms with Crippen molar-refractivity contribution in [1.82, 2.24) is 0 Å². The molecule has 0 aliphatic rings. The van der Waals surface area contributed by atoms with Crippen LogP contribution < -0.4 is 24.7 Å². The van der Waals surface area contributed by atoms with Crippen molar-refractivity contribution in [2.45, 2.75) is 12.6 Å². The number of nitrogens with two attached hydrogens (primary N) is 1. The third-order valence-corrected chi connectivity index (χ3v) is 4.70. The molecule has 0 heterocycles. The molecule has 8 heteroatoms. The Balaban J connectivity index is 2.30. The molecule has 2 aromatic carbocycles. The minimum atomic E-state index is -1.31. The lowest BCUT2D eigenvalue weighted by Crippen LogP contribution is -2.22. The van der Waals surface area contributed by atoms with Gasteiger partial charge in [-0.3, -0.25) is 4.79 Å². The molecule has 0 aliphatic carbocycles. The molecule has 4 N–H and O–H groups in total. The van der Waals surface area contributed by atoms with Crippen LogP contribution >= 0.6 is 0 Å². The number of hydrogen-bond donors (Lipinski definition) is 3. The number of aliphatic hydroxyl groups is 2. The van der Waals surface area contributed by atoms with Crippen molar-refractivity contribution in [3.8, 4) is 23.0 Å². The summed E-state index contributed by atoms with van der Waals surface area (Å²) in [6.45, 7) is 0. The van der Waals surface area contributed by atoms with E-state index < -0.39 is 12.0 Å². The largest absolute Gasteiger partial charge is 0.508 e. The third kappa shape index (κ3) is 7.13. The van der Waals surface area contributed by atoms with Crippen molar-refractivity contribution in [1.29, 1.82) is 0 Å². The molecule has 0 aliphatic heterocycles. The summed E-state index contributed by atoms with van der Waals surface area (Å²) in [5, 5.41) is 20.2. The monoisotopic (exact) mass is 455 g/mol. The van der Waals surface area contributed by atoms with Gasteiger partial charge in [0.15, 0.2) is 28.8 Å². The molecule has 0 saturated carbocycles. The number of rotatable bonds is 11. The van der Waals surface area contributed by atoms with E-state index >= 15 is 0 Å². The molecule has 33 heavy (non-hydrogen) atoms. The van der Waals surface area contributed by atoms with E-state index in [1.807, 2.05) is 0 Å². The highest BCUT2D eigenvalue weighted by atomic mass is 16.5. The van der Waals surface area contributed by atoms with Gasteiger partial charge in [-0.25, -0.2) is 0 Å². The van der Waals surface area contributed by atoms with Gasteiger partial charge in [-0.1, -0.05) is 24.3 Å². The number of aliphatic hydroxyl groups excluding tert-OH is 2. The van der Waals surface area contributed by atoms with Crippen molar-refractivity contribution in [3.05, 3.63) is 71.0 Å². The Labute approximate surface area is 193 Å². The van der Waals surface area contributed by atoms with Crippen molar-refractivity contribution >= 4 is 17.9 Å². The summed E-state index contributed by atoms with van der Waals surface area (Å²) in [6.07, 6.45) is 4.29. The number of allylic oxidation sites excluding steroid dienone is 2. The molecule has 0 amide bonds. The number of carbonyl (C=O) groups excluding carboxylic acids is 1. The average Bonchev–Trinajstić information content (AvgIpc) is 2.83. The van der Waals surface area contributed by atoms with Crippen LogP contribution in [-0.2, 0) is 4.79 Å². The summed E-state index contributed by atoms with van der Waals surface area (Å²) >= 11 is 0. The maximum absolute atomic E-state index is 12.8. The molecule has 0 spiro atoms. The number of carbonyl (C=O) groups is 1. The van der Waals surface area contributed by atoms with Crippen LogP contribution in [0.5, 0.6) is 23.0 Å². The van der Waals surface area contributed by atoms with Crippen LogP contribution in [0.15, 0.2) is 59.9 Å². The summed E-state index contributed by atoms with van der Waals surface area (Å²) < 4.78 is 20.9. The van der Waals surface area contributed by atoms with Crippen LogP contribution in [0.1, 0.15) is 17.5 Å². The highest BCUT2D eigenvalue weighted by Crippen LogP contribution is 2.29. The lowest BCUT2D eigenvalue weighted by molar-refractivity contribution is -0.111. The molecule has 2 rings (SSSR count). The Morgan fingerprint density at radius 2 is 1.30 bits per heavy atom. The minimum absolute atomic E-state index is 0.0292. The molecular weight excluding hydrogens is 426 g/mol. The number of hydrogen-bond acceptors (Lipinski definition) is 8. The fourth-order valence-corrected chi connectivity index (χ4v) is 3.00. The molecule has 0 bridgehead atoms. The zero-order chi connectivity index (χ0) is 24.4. The maximum Gasteiger partial charge on any atom is 0.185 e. The summed E-state index contributed by atoms with van der Waals surface area (Å²) in [5.41, 5.74) is 6.84. The van der Waals surface area contributed by atoms with E-state index in [1.165, 1.54) is 40.6 Å². The molecule has 8 nitrogen and oxygen atoms in total. The first-order valence-corrected chi connectivity index (χ1v) is 10.0. The quantitative estimate of drug-likeness (QED) is 0.204. The summed E-state index contributed by atoms with van der Waals surface area (Å²) in [6, 6.07) is 10.4. The summed E-state index contributed by atoms with van der Waals surface area (Å²) in [4.78, 5) is 12.8. The fraction of sp³-hybridized carbons (Fsp3) is 0.240. The highest BCUT2D eigenvalue weighted by Gasteiger charge is 2.15. The predicted molar refractivity (Wildman–Crippen MR) is 127 cm³/mol. The Bertz CT molecular complexity index is 1050. The smallest absolute Gasteiger partial charge is 0.185 e. The maximum atomic E-state index is 12.8. The first kappa shape index (κ1) is 25.5. The average molecular weight is 456 g/mol. The lowest BCUT2D eigenvalue weighted by atomic mass is 10.0. The second-order valence-electron chi connectivity index (χ2n) is 6.90. The van der Waals surface area contributed by atoms with Gasteiger partial charge in [-0.05, 0) is 47.5 Å². The van der Waals surface area contributed by atoms with Gasteiger partial charge >= 0.3 is 0 Å². The molecule has 0 aromatic heterocycles. The van der Waals surface area contributed by atoms with E-state index in [2.05, 4.69) is 0 Å². The van der Waals surface area contributed by atoms with E-state index in [-0.39, 0.29) is 17.8 Å². The van der Waals surface area contributed by atoms with Gasteiger partial charge in [0.2, 0.25) is 0 Å². The standard InChI is InChI=1S/C25H29NO7/c1-30-21-11-7-16(13-23(21)32-3)5-9-19(27)18(15-25(26)29)20(28)10-6-17-8-12-22(31-2)24(14-17)33-4/h5-14,25,27,29H,15,26H2,1-4H3/b9-5+,10-6+,19-18-. The van der Waals surface area contributed by atoms with E-state index in [0.717, 1.165) is 0 Å². The van der Waals surface area contributed by atoms with Crippen LogP contribution in [0, 0.1) is 0 Å². The molecule has 1 atom stereocenters. The topological polar surface area (TPSA) is 120 Å². The first-order chi connectivity index (χ1) is 15.8. The molecule has 176 valence electrons. The Morgan fingerprint density at radius 1 is 0.848 bits per heavy atom. The lowest BCUT2D eigenvalue weighted by Gasteiger charge is -2.09. The number of benzene rings is 2. The number of methoxy groups -OCH3 is 4. The second-order valence-corrected chi connectivity index (χ2v) is 6.90. The predicted octanol–water partition coefficient (Wildman–Crippen LogP) is 3.50. The second kappa shape index (κ2) is 12.3. The van der Waals surface area contributed by atoms with Gasteiger partial charge in [-0.2, -0.15) is 0 Å².